The minimum atomic E-state index is -1.32. The molecule has 0 bridgehead atoms. The summed E-state index contributed by atoms with van der Waals surface area (Å²) in [4.78, 5) is 28.1. The molecular formula is C24H27KN2O5. The molecule has 2 aromatic carbocycles. The second-order valence-corrected chi connectivity index (χ2v) is 8.95. The molecule has 1 N–H and O–H groups in total. The van der Waals surface area contributed by atoms with Gasteiger partial charge in [0.05, 0.1) is 24.2 Å². The quantitative estimate of drug-likeness (QED) is 0.521. The Bertz CT molecular complexity index is 1010. The van der Waals surface area contributed by atoms with Crippen LogP contribution in [-0.4, -0.2) is 64.7 Å². The molecular weight excluding hydrogens is 435 g/mol. The van der Waals surface area contributed by atoms with Crippen LogP contribution in [0.3, 0.4) is 0 Å². The van der Waals surface area contributed by atoms with E-state index in [-0.39, 0.29) is 87.3 Å². The van der Waals surface area contributed by atoms with Gasteiger partial charge in [-0.3, -0.25) is 9.69 Å². The number of fused-ring (bicyclic) bond motifs is 2. The van der Waals surface area contributed by atoms with Crippen molar-refractivity contribution in [3.8, 4) is 5.75 Å². The van der Waals surface area contributed by atoms with E-state index in [1.54, 1.807) is 4.90 Å². The fraction of sp³-hybridized carbons (Fsp3) is 0.417. The van der Waals surface area contributed by atoms with Gasteiger partial charge in [0.1, 0.15) is 11.4 Å². The number of β-amino-alcohol motifs (C(OH)–C–C–N with tert-alkyl or cyclic N) is 1. The van der Waals surface area contributed by atoms with Crippen LogP contribution in [0.1, 0.15) is 45.7 Å². The van der Waals surface area contributed by atoms with Gasteiger partial charge in [0, 0.05) is 31.7 Å². The van der Waals surface area contributed by atoms with E-state index < -0.39 is 17.7 Å². The minimum absolute atomic E-state index is 0. The fourth-order valence-electron chi connectivity index (χ4n) is 4.41. The van der Waals surface area contributed by atoms with Crippen molar-refractivity contribution in [2.24, 2.45) is 0 Å². The molecule has 0 radical (unpaired) electrons. The van der Waals surface area contributed by atoms with Crippen LogP contribution in [0, 0.1) is 0 Å². The van der Waals surface area contributed by atoms with Gasteiger partial charge in [0.25, 0.3) is 5.91 Å². The third kappa shape index (κ3) is 5.80. The molecule has 1 amide bonds. The first-order chi connectivity index (χ1) is 14.7. The van der Waals surface area contributed by atoms with E-state index in [2.05, 4.69) is 17.0 Å². The number of carboxylic acid groups (broad SMARTS) is 1. The van der Waals surface area contributed by atoms with Crippen molar-refractivity contribution in [1.29, 1.82) is 0 Å². The van der Waals surface area contributed by atoms with E-state index in [0.29, 0.717) is 6.54 Å². The van der Waals surface area contributed by atoms with Crippen LogP contribution in [0.15, 0.2) is 42.5 Å². The molecule has 0 aromatic heterocycles. The van der Waals surface area contributed by atoms with E-state index in [1.807, 2.05) is 26.0 Å². The smallest absolute Gasteiger partial charge is 0.545 e. The zero-order valence-corrected chi connectivity index (χ0v) is 22.0. The zero-order valence-electron chi connectivity index (χ0n) is 18.8. The molecule has 0 saturated heterocycles. The van der Waals surface area contributed by atoms with Gasteiger partial charge in [0.2, 0.25) is 0 Å². The third-order valence-corrected chi connectivity index (χ3v) is 5.80. The number of hydrogen-bond donors (Lipinski definition) is 1. The first-order valence-electron chi connectivity index (χ1n) is 10.5. The minimum Gasteiger partial charge on any atom is -0.545 e. The maximum Gasteiger partial charge on any atom is 1.00 e. The molecule has 0 fully saturated rings. The van der Waals surface area contributed by atoms with E-state index in [4.69, 9.17) is 4.74 Å². The summed E-state index contributed by atoms with van der Waals surface area (Å²) in [6, 6.07) is 12.5. The Morgan fingerprint density at radius 3 is 2.62 bits per heavy atom. The molecule has 2 aromatic rings. The van der Waals surface area contributed by atoms with E-state index in [1.165, 1.54) is 29.3 Å². The predicted molar refractivity (Wildman–Crippen MR) is 113 cm³/mol. The first-order valence-corrected chi connectivity index (χ1v) is 10.5. The number of amides is 1. The first kappa shape index (κ1) is 25.4. The second-order valence-electron chi connectivity index (χ2n) is 8.95. The van der Waals surface area contributed by atoms with Crippen LogP contribution in [0.5, 0.6) is 5.75 Å². The van der Waals surface area contributed by atoms with Gasteiger partial charge in [0.15, 0.2) is 0 Å². The number of hydrogen-bond acceptors (Lipinski definition) is 6. The number of aliphatic hydroxyl groups is 1. The van der Waals surface area contributed by atoms with Crippen molar-refractivity contribution in [3.63, 3.8) is 0 Å². The van der Waals surface area contributed by atoms with Crippen LogP contribution in [-0.2, 0) is 13.0 Å². The van der Waals surface area contributed by atoms with E-state index in [0.717, 1.165) is 19.5 Å². The molecule has 1 unspecified atom stereocenters. The molecule has 164 valence electrons. The molecule has 1 atom stereocenters. The normalized spacial score (nSPS) is 18.5. The molecule has 2 aliphatic heterocycles. The molecule has 2 aliphatic rings. The van der Waals surface area contributed by atoms with Crippen molar-refractivity contribution in [3.05, 3.63) is 64.7 Å². The van der Waals surface area contributed by atoms with Gasteiger partial charge in [-0.25, -0.2) is 0 Å². The summed E-state index contributed by atoms with van der Waals surface area (Å²) in [5, 5.41) is 22.0. The van der Waals surface area contributed by atoms with Gasteiger partial charge < -0.3 is 24.6 Å². The van der Waals surface area contributed by atoms with Crippen LogP contribution in [0.4, 0.5) is 0 Å². The number of carboxylic acids is 1. The number of ether oxygens (including phenoxy) is 1. The SMILES string of the molecule is CC1(C)CN(CC(O)CN2CCc3ccccc3C2)C(=O)c2ccc(C(=O)[O-])cc2O1.[K+]. The number of carbonyl (C=O) groups is 2. The topological polar surface area (TPSA) is 93.1 Å². The van der Waals surface area contributed by atoms with Crippen molar-refractivity contribution in [2.75, 3.05) is 26.2 Å². The molecule has 4 rings (SSSR count). The van der Waals surface area contributed by atoms with Crippen LogP contribution >= 0.6 is 0 Å². The van der Waals surface area contributed by atoms with Crippen molar-refractivity contribution in [1.82, 2.24) is 9.80 Å². The van der Waals surface area contributed by atoms with Crippen LogP contribution in [0.2, 0.25) is 0 Å². The monoisotopic (exact) mass is 462 g/mol. The molecule has 32 heavy (non-hydrogen) atoms. The van der Waals surface area contributed by atoms with Gasteiger partial charge in [-0.15, -0.1) is 0 Å². The Balaban J connectivity index is 0.00000289. The van der Waals surface area contributed by atoms with Gasteiger partial charge in [-0.2, -0.15) is 0 Å². The maximum absolute atomic E-state index is 13.2. The maximum atomic E-state index is 13.2. The van der Waals surface area contributed by atoms with Gasteiger partial charge in [-0.1, -0.05) is 30.3 Å². The number of aliphatic hydroxyl groups excluding tert-OH is 1. The summed E-state index contributed by atoms with van der Waals surface area (Å²) in [7, 11) is 0. The summed E-state index contributed by atoms with van der Waals surface area (Å²) in [6.45, 7) is 6.24. The molecule has 8 heteroatoms. The summed E-state index contributed by atoms with van der Waals surface area (Å²) >= 11 is 0. The van der Waals surface area contributed by atoms with Crippen molar-refractivity contribution in [2.45, 2.75) is 38.5 Å². The molecule has 7 nitrogen and oxygen atoms in total. The fourth-order valence-corrected chi connectivity index (χ4v) is 4.41. The zero-order chi connectivity index (χ0) is 22.2. The van der Waals surface area contributed by atoms with Gasteiger partial charge >= 0.3 is 51.4 Å². The van der Waals surface area contributed by atoms with Gasteiger partial charge in [-0.05, 0) is 43.5 Å². The van der Waals surface area contributed by atoms with E-state index >= 15 is 0 Å². The van der Waals surface area contributed by atoms with E-state index in [9.17, 15) is 19.8 Å². The molecule has 0 spiro atoms. The summed E-state index contributed by atoms with van der Waals surface area (Å²) in [5.41, 5.74) is 2.13. The van der Waals surface area contributed by atoms with Crippen LogP contribution < -0.4 is 61.2 Å². The molecule has 0 saturated carbocycles. The number of aromatic carboxylic acids is 1. The van der Waals surface area contributed by atoms with Crippen LogP contribution in [0.25, 0.3) is 0 Å². The number of rotatable bonds is 5. The molecule has 2 heterocycles. The average molecular weight is 463 g/mol. The Morgan fingerprint density at radius 1 is 1.19 bits per heavy atom. The Labute approximate surface area is 230 Å². The number of carbonyl (C=O) groups excluding carboxylic acids is 2. The summed E-state index contributed by atoms with van der Waals surface area (Å²) in [5.74, 6) is -1.38. The number of benzene rings is 2. The second kappa shape index (κ2) is 10.3. The largest absolute Gasteiger partial charge is 1.00 e. The predicted octanol–water partition coefficient (Wildman–Crippen LogP) is -1.91. The summed E-state index contributed by atoms with van der Waals surface area (Å²) < 4.78 is 5.96. The number of nitrogens with zero attached hydrogens (tertiary/aromatic N) is 2. The third-order valence-electron chi connectivity index (χ3n) is 5.80. The summed E-state index contributed by atoms with van der Waals surface area (Å²) in [6.07, 6.45) is 0.231. The Kier molecular flexibility index (Phi) is 8.19. The average Bonchev–Trinajstić information content (AvgIpc) is 2.80. The standard InChI is InChI=1S/C24H28N2O5.K/c1-24(2)15-26(22(28)20-8-7-17(23(29)30)11-21(20)31-24)14-19(27)13-25-10-9-16-5-3-4-6-18(16)12-25;/h3-8,11,19,27H,9-10,12-15H2,1-2H3,(H,29,30);/q;+1/p-1. The Morgan fingerprint density at radius 2 is 1.91 bits per heavy atom. The van der Waals surface area contributed by atoms with Crippen molar-refractivity contribution >= 4 is 11.9 Å². The Hall–Kier alpha value is -1.26. The van der Waals surface area contributed by atoms with Crippen molar-refractivity contribution < 1.29 is 75.9 Å². The molecule has 0 aliphatic carbocycles.